The predicted octanol–water partition coefficient (Wildman–Crippen LogP) is 2.91. The molecule has 2 N–H and O–H groups in total. The van der Waals surface area contributed by atoms with Crippen molar-refractivity contribution in [2.45, 2.75) is 56.4 Å². The summed E-state index contributed by atoms with van der Waals surface area (Å²) in [7, 11) is -3.91. The summed E-state index contributed by atoms with van der Waals surface area (Å²) in [6, 6.07) is 5.16. The van der Waals surface area contributed by atoms with Gasteiger partial charge in [0.25, 0.3) is 0 Å². The lowest BCUT2D eigenvalue weighted by molar-refractivity contribution is -0.142. The zero-order valence-electron chi connectivity index (χ0n) is 20.2. The molecular formula is C24H31N5O5S2. The normalized spacial score (nSPS) is 18.6. The molecule has 2 aromatic rings. The number of sulfonamides is 1. The number of thiazole rings is 1. The molecule has 194 valence electrons. The summed E-state index contributed by atoms with van der Waals surface area (Å²) in [5.74, 6) is -0.583. The topological polar surface area (TPSA) is 129 Å². The first-order valence-electron chi connectivity index (χ1n) is 12.1. The Morgan fingerprint density at radius 2 is 1.83 bits per heavy atom. The van der Waals surface area contributed by atoms with E-state index >= 15 is 0 Å². The second-order valence-corrected chi connectivity index (χ2v) is 12.0. The highest BCUT2D eigenvalue weighted by Crippen LogP contribution is 2.30. The molecule has 12 heteroatoms. The van der Waals surface area contributed by atoms with E-state index < -0.39 is 22.0 Å². The number of nitrogens with zero attached hydrogens (tertiary/aromatic N) is 3. The van der Waals surface area contributed by atoms with Crippen LogP contribution >= 0.6 is 11.3 Å². The Kier molecular flexibility index (Phi) is 8.37. The first kappa shape index (κ1) is 26.2. The van der Waals surface area contributed by atoms with Crippen LogP contribution in [-0.4, -0.2) is 66.0 Å². The minimum Gasteiger partial charge on any atom is -0.328 e. The quantitative estimate of drug-likeness (QED) is 0.537. The van der Waals surface area contributed by atoms with Crippen LogP contribution in [0.25, 0.3) is 0 Å². The number of nitrogens with one attached hydrogen (secondary N) is 2. The number of benzene rings is 1. The summed E-state index contributed by atoms with van der Waals surface area (Å²) in [5.41, 5.74) is 0.485. The van der Waals surface area contributed by atoms with Crippen LogP contribution in [0.5, 0.6) is 0 Å². The lowest BCUT2D eigenvalue weighted by atomic mass is 9.84. The van der Waals surface area contributed by atoms with Crippen molar-refractivity contribution < 1.29 is 22.8 Å². The number of carbonyl (C=O) groups is 3. The summed E-state index contributed by atoms with van der Waals surface area (Å²) in [4.78, 5) is 43.4. The standard InChI is InChI=1S/C24H31N5O5S2/c1-17(30)26-19-7-9-20(10-8-19)36(33,34)28-12-13-29(22(31)16-28)21(15-18-5-3-2-4-6-18)23(32)27-24-25-11-14-35-24/h7-11,14,18,21H,2-6,12-13,15-16H2,1H3,(H,26,30)(H,25,27,32). The molecule has 1 aromatic carbocycles. The maximum atomic E-state index is 13.2. The van der Waals surface area contributed by atoms with E-state index in [1.165, 1.54) is 53.8 Å². The Morgan fingerprint density at radius 1 is 1.11 bits per heavy atom. The Morgan fingerprint density at radius 3 is 2.44 bits per heavy atom. The molecule has 2 heterocycles. The van der Waals surface area contributed by atoms with E-state index in [2.05, 4.69) is 15.6 Å². The third-order valence-corrected chi connectivity index (χ3v) is 9.21. The van der Waals surface area contributed by atoms with Crippen molar-refractivity contribution in [3.63, 3.8) is 0 Å². The Labute approximate surface area is 215 Å². The number of amides is 3. The van der Waals surface area contributed by atoms with Gasteiger partial charge in [0.2, 0.25) is 27.7 Å². The third-order valence-electron chi connectivity index (χ3n) is 6.66. The number of carbonyl (C=O) groups excluding carboxylic acids is 3. The highest BCUT2D eigenvalue weighted by molar-refractivity contribution is 7.89. The molecule has 1 saturated heterocycles. The number of hydrogen-bond acceptors (Lipinski definition) is 7. The summed E-state index contributed by atoms with van der Waals surface area (Å²) in [6.45, 7) is 1.26. The zero-order chi connectivity index (χ0) is 25.7. The third kappa shape index (κ3) is 6.29. The van der Waals surface area contributed by atoms with Crippen molar-refractivity contribution in [2.24, 2.45) is 5.92 Å². The molecule has 3 amide bonds. The van der Waals surface area contributed by atoms with Crippen LogP contribution in [-0.2, 0) is 24.4 Å². The van der Waals surface area contributed by atoms with Gasteiger partial charge >= 0.3 is 0 Å². The van der Waals surface area contributed by atoms with Gasteiger partial charge in [-0.3, -0.25) is 14.4 Å². The lowest BCUT2D eigenvalue weighted by Crippen LogP contribution is -2.58. The first-order chi connectivity index (χ1) is 17.2. The molecule has 2 fully saturated rings. The fourth-order valence-corrected chi connectivity index (χ4v) is 6.76. The smallest absolute Gasteiger partial charge is 0.248 e. The molecule has 4 rings (SSSR count). The molecular weight excluding hydrogens is 502 g/mol. The lowest BCUT2D eigenvalue weighted by Gasteiger charge is -2.39. The van der Waals surface area contributed by atoms with E-state index in [1.807, 2.05) is 0 Å². The van der Waals surface area contributed by atoms with Gasteiger partial charge in [0.1, 0.15) is 6.04 Å². The van der Waals surface area contributed by atoms with Gasteiger partial charge < -0.3 is 15.5 Å². The second-order valence-electron chi connectivity index (χ2n) is 9.21. The average Bonchev–Trinajstić information content (AvgIpc) is 3.36. The average molecular weight is 534 g/mol. The molecule has 36 heavy (non-hydrogen) atoms. The molecule has 0 spiro atoms. The van der Waals surface area contributed by atoms with Gasteiger partial charge in [0, 0.05) is 37.3 Å². The van der Waals surface area contributed by atoms with Gasteiger partial charge in [-0.1, -0.05) is 32.1 Å². The van der Waals surface area contributed by atoms with Gasteiger partial charge in [-0.05, 0) is 36.6 Å². The van der Waals surface area contributed by atoms with E-state index in [-0.39, 0.29) is 36.3 Å². The van der Waals surface area contributed by atoms with Crippen molar-refractivity contribution in [3.8, 4) is 0 Å². The molecule has 1 atom stereocenters. The molecule has 1 saturated carbocycles. The fourth-order valence-electron chi connectivity index (χ4n) is 4.85. The number of aromatic nitrogens is 1. The molecule has 1 unspecified atom stereocenters. The number of anilines is 2. The van der Waals surface area contributed by atoms with Gasteiger partial charge in [-0.15, -0.1) is 11.3 Å². The van der Waals surface area contributed by atoms with E-state index in [9.17, 15) is 22.8 Å². The minimum absolute atomic E-state index is 0.0399. The van der Waals surface area contributed by atoms with Crippen LogP contribution in [0.15, 0.2) is 40.7 Å². The van der Waals surface area contributed by atoms with Crippen LogP contribution in [0.4, 0.5) is 10.8 Å². The van der Waals surface area contributed by atoms with Crippen molar-refractivity contribution in [3.05, 3.63) is 35.8 Å². The van der Waals surface area contributed by atoms with E-state index in [0.717, 1.165) is 30.0 Å². The maximum Gasteiger partial charge on any atom is 0.248 e. The summed E-state index contributed by atoms with van der Waals surface area (Å²) in [6.07, 6.45) is 7.64. The monoisotopic (exact) mass is 533 g/mol. The molecule has 1 aliphatic carbocycles. The largest absolute Gasteiger partial charge is 0.328 e. The number of piperazine rings is 1. The zero-order valence-corrected chi connectivity index (χ0v) is 21.8. The maximum absolute atomic E-state index is 13.2. The van der Waals surface area contributed by atoms with Gasteiger partial charge in [0.05, 0.1) is 11.4 Å². The molecule has 0 bridgehead atoms. The number of hydrogen-bond donors (Lipinski definition) is 2. The van der Waals surface area contributed by atoms with Crippen LogP contribution in [0.2, 0.25) is 0 Å². The van der Waals surface area contributed by atoms with E-state index in [4.69, 9.17) is 0 Å². The Bertz CT molecular complexity index is 1180. The van der Waals surface area contributed by atoms with Crippen molar-refractivity contribution in [1.29, 1.82) is 0 Å². The molecule has 1 aromatic heterocycles. The minimum atomic E-state index is -3.91. The van der Waals surface area contributed by atoms with E-state index in [0.29, 0.717) is 23.2 Å². The first-order valence-corrected chi connectivity index (χ1v) is 14.4. The SMILES string of the molecule is CC(=O)Nc1ccc(S(=O)(=O)N2CCN(C(CC3CCCCC3)C(=O)Nc3nccs3)C(=O)C2)cc1. The Balaban J connectivity index is 1.47. The summed E-state index contributed by atoms with van der Waals surface area (Å²) >= 11 is 1.31. The Hall–Kier alpha value is -2.83. The van der Waals surface area contributed by atoms with Crippen molar-refractivity contribution in [1.82, 2.24) is 14.2 Å². The predicted molar refractivity (Wildman–Crippen MR) is 137 cm³/mol. The van der Waals surface area contributed by atoms with Crippen molar-refractivity contribution in [2.75, 3.05) is 30.3 Å². The molecule has 10 nitrogen and oxygen atoms in total. The number of rotatable bonds is 8. The molecule has 0 radical (unpaired) electrons. The summed E-state index contributed by atoms with van der Waals surface area (Å²) in [5, 5.41) is 7.67. The van der Waals surface area contributed by atoms with Crippen LogP contribution in [0.3, 0.4) is 0 Å². The van der Waals surface area contributed by atoms with Crippen LogP contribution in [0.1, 0.15) is 45.4 Å². The molecule has 1 aliphatic heterocycles. The van der Waals surface area contributed by atoms with E-state index in [1.54, 1.807) is 11.6 Å². The highest BCUT2D eigenvalue weighted by Gasteiger charge is 2.39. The van der Waals surface area contributed by atoms with Crippen LogP contribution in [0, 0.1) is 5.92 Å². The molecule has 2 aliphatic rings. The second kappa shape index (κ2) is 11.5. The highest BCUT2D eigenvalue weighted by atomic mass is 32.2. The van der Waals surface area contributed by atoms with Crippen molar-refractivity contribution >= 4 is 49.9 Å². The fraction of sp³-hybridized carbons (Fsp3) is 0.500. The summed E-state index contributed by atoms with van der Waals surface area (Å²) < 4.78 is 27.5. The van der Waals surface area contributed by atoms with Crippen LogP contribution < -0.4 is 10.6 Å². The van der Waals surface area contributed by atoms with Gasteiger partial charge in [-0.2, -0.15) is 4.31 Å². The van der Waals surface area contributed by atoms with Gasteiger partial charge in [-0.25, -0.2) is 13.4 Å². The van der Waals surface area contributed by atoms with Gasteiger partial charge in [0.15, 0.2) is 5.13 Å².